The van der Waals surface area contributed by atoms with E-state index in [0.717, 1.165) is 22.5 Å². The molecule has 0 amide bonds. The van der Waals surface area contributed by atoms with Crippen LogP contribution in [0.15, 0.2) is 46.3 Å². The van der Waals surface area contributed by atoms with Gasteiger partial charge in [0.1, 0.15) is 30.2 Å². The molecule has 0 saturated carbocycles. The normalized spacial score (nSPS) is 25.5. The molecule has 0 spiro atoms. The predicted molar refractivity (Wildman–Crippen MR) is 111 cm³/mol. The van der Waals surface area contributed by atoms with Crippen LogP contribution < -0.4 is 5.43 Å². The first-order chi connectivity index (χ1) is 14.5. The average Bonchev–Trinajstić information content (AvgIpc) is 3.45. The fourth-order valence-electron chi connectivity index (χ4n) is 3.77. The number of thiazole rings is 1. The van der Waals surface area contributed by atoms with E-state index >= 15 is 0 Å². The fourth-order valence-corrected chi connectivity index (χ4v) is 4.32. The predicted octanol–water partition coefficient (Wildman–Crippen LogP) is 2.89. The van der Waals surface area contributed by atoms with E-state index in [1.165, 1.54) is 23.5 Å². The monoisotopic (exact) mass is 429 g/mol. The van der Waals surface area contributed by atoms with Gasteiger partial charge in [-0.2, -0.15) is 0 Å². The minimum Gasteiger partial charge on any atom is -0.388 e. The SMILES string of the molecule is C[C@H]1O[C@@H](n2cc(-c3cscn3)c3c2N=CN(Nc2ccc(F)cc2)C3)[C@H](O)[C@@H]1O. The van der Waals surface area contributed by atoms with Crippen LogP contribution >= 0.6 is 11.3 Å². The highest BCUT2D eigenvalue weighted by Gasteiger charge is 2.43. The molecule has 4 atom stereocenters. The topological polar surface area (TPSA) is 95.1 Å². The lowest BCUT2D eigenvalue weighted by atomic mass is 10.1. The van der Waals surface area contributed by atoms with Crippen molar-refractivity contribution in [3.63, 3.8) is 0 Å². The highest BCUT2D eigenvalue weighted by atomic mass is 32.1. The number of hydrogen-bond acceptors (Lipinski definition) is 8. The number of nitrogens with zero attached hydrogens (tertiary/aromatic N) is 4. The van der Waals surface area contributed by atoms with Crippen molar-refractivity contribution >= 4 is 29.2 Å². The van der Waals surface area contributed by atoms with Crippen LogP contribution in [0, 0.1) is 5.82 Å². The number of benzene rings is 1. The molecule has 5 rings (SSSR count). The molecule has 1 aromatic carbocycles. The van der Waals surface area contributed by atoms with Crippen LogP contribution in [0.25, 0.3) is 11.3 Å². The van der Waals surface area contributed by atoms with Crippen LogP contribution in [-0.2, 0) is 11.3 Å². The quantitative estimate of drug-likeness (QED) is 0.590. The summed E-state index contributed by atoms with van der Waals surface area (Å²) in [5.74, 6) is 0.338. The Kier molecular flexibility index (Phi) is 4.78. The Morgan fingerprint density at radius 2 is 2.03 bits per heavy atom. The molecule has 8 nitrogen and oxygen atoms in total. The van der Waals surface area contributed by atoms with Gasteiger partial charge in [-0.25, -0.2) is 14.4 Å². The lowest BCUT2D eigenvalue weighted by Crippen LogP contribution is -2.31. The summed E-state index contributed by atoms with van der Waals surface area (Å²) >= 11 is 1.49. The molecule has 0 unspecified atom stereocenters. The number of aliphatic hydroxyl groups excluding tert-OH is 2. The van der Waals surface area contributed by atoms with E-state index < -0.39 is 24.5 Å². The molecular formula is C20H20FN5O3S. The number of anilines is 1. The van der Waals surface area contributed by atoms with Crippen molar-refractivity contribution in [2.45, 2.75) is 38.0 Å². The summed E-state index contributed by atoms with van der Waals surface area (Å²) < 4.78 is 20.7. The van der Waals surface area contributed by atoms with Crippen LogP contribution in [0.4, 0.5) is 15.9 Å². The van der Waals surface area contributed by atoms with E-state index in [-0.39, 0.29) is 5.82 Å². The van der Waals surface area contributed by atoms with Crippen LogP contribution in [-0.4, -0.2) is 49.4 Å². The maximum atomic E-state index is 13.2. The van der Waals surface area contributed by atoms with Crippen molar-refractivity contribution in [2.75, 3.05) is 5.43 Å². The second-order valence-corrected chi connectivity index (χ2v) is 8.05. The maximum absolute atomic E-state index is 13.2. The summed E-state index contributed by atoms with van der Waals surface area (Å²) in [7, 11) is 0. The number of rotatable bonds is 4. The van der Waals surface area contributed by atoms with Gasteiger partial charge in [0.2, 0.25) is 0 Å². The molecule has 4 heterocycles. The average molecular weight is 429 g/mol. The van der Waals surface area contributed by atoms with Crippen LogP contribution in [0.1, 0.15) is 18.7 Å². The molecule has 10 heteroatoms. The number of fused-ring (bicyclic) bond motifs is 1. The van der Waals surface area contributed by atoms with Crippen molar-refractivity contribution in [3.8, 4) is 11.3 Å². The van der Waals surface area contributed by atoms with Crippen molar-refractivity contribution in [3.05, 3.63) is 52.7 Å². The van der Waals surface area contributed by atoms with Gasteiger partial charge in [0.15, 0.2) is 6.23 Å². The second kappa shape index (κ2) is 7.47. The Labute approximate surface area is 175 Å². The number of ether oxygens (including phenoxy) is 1. The van der Waals surface area contributed by atoms with E-state index in [2.05, 4.69) is 15.4 Å². The van der Waals surface area contributed by atoms with E-state index in [1.54, 1.807) is 40.5 Å². The number of aromatic nitrogens is 2. The molecule has 1 fully saturated rings. The minimum absolute atomic E-state index is 0.301. The number of aliphatic imine (C=N–C) groups is 1. The third-order valence-electron chi connectivity index (χ3n) is 5.33. The highest BCUT2D eigenvalue weighted by molar-refractivity contribution is 7.07. The molecule has 2 aliphatic heterocycles. The van der Waals surface area contributed by atoms with E-state index in [4.69, 9.17) is 4.74 Å². The summed E-state index contributed by atoms with van der Waals surface area (Å²) in [5.41, 5.74) is 8.26. The smallest absolute Gasteiger partial charge is 0.164 e. The molecule has 0 aliphatic carbocycles. The molecule has 2 aliphatic rings. The van der Waals surface area contributed by atoms with Crippen LogP contribution in [0.3, 0.4) is 0 Å². The molecule has 3 aromatic rings. The lowest BCUT2D eigenvalue weighted by Gasteiger charge is -2.26. The lowest BCUT2D eigenvalue weighted by molar-refractivity contribution is -0.0308. The second-order valence-electron chi connectivity index (χ2n) is 7.33. The number of halogens is 1. The molecule has 0 bridgehead atoms. The standard InChI is InChI=1S/C20H20FN5O3S/c1-11-17(27)18(28)20(29-11)26-7-14(16-8-30-10-23-16)15-6-25(9-22-19(15)26)24-13-4-2-12(21)3-5-13/h2-5,7-11,17-18,20,24,27-28H,6H2,1H3/t11-,17-,18-,20-/m1/s1. The number of aliphatic hydroxyl groups is 2. The Bertz CT molecular complexity index is 1070. The van der Waals surface area contributed by atoms with E-state index in [0.29, 0.717) is 12.4 Å². The van der Waals surface area contributed by atoms with Gasteiger partial charge in [-0.15, -0.1) is 11.3 Å². The number of nitrogens with one attached hydrogen (secondary N) is 1. The Morgan fingerprint density at radius 3 is 2.70 bits per heavy atom. The van der Waals surface area contributed by atoms with Crippen molar-refractivity contribution in [1.82, 2.24) is 14.6 Å². The zero-order valence-corrected chi connectivity index (χ0v) is 16.8. The Hall–Kier alpha value is -2.79. The first-order valence-electron chi connectivity index (χ1n) is 9.48. The third kappa shape index (κ3) is 3.27. The van der Waals surface area contributed by atoms with Gasteiger partial charge in [0.25, 0.3) is 0 Å². The Morgan fingerprint density at radius 1 is 1.23 bits per heavy atom. The van der Waals surface area contributed by atoms with Gasteiger partial charge in [-0.05, 0) is 31.2 Å². The summed E-state index contributed by atoms with van der Waals surface area (Å²) in [6, 6.07) is 6.07. The zero-order valence-electron chi connectivity index (χ0n) is 16.0. The van der Waals surface area contributed by atoms with Crippen molar-refractivity contribution in [1.29, 1.82) is 0 Å². The summed E-state index contributed by atoms with van der Waals surface area (Å²) in [4.78, 5) is 9.00. The molecule has 2 aromatic heterocycles. The largest absolute Gasteiger partial charge is 0.388 e. The Balaban J connectivity index is 1.50. The summed E-state index contributed by atoms with van der Waals surface area (Å²) in [6.45, 7) is 2.19. The molecule has 156 valence electrons. The number of hydrazine groups is 1. The van der Waals surface area contributed by atoms with Gasteiger partial charge in [-0.3, -0.25) is 10.4 Å². The third-order valence-corrected chi connectivity index (χ3v) is 5.92. The van der Waals surface area contributed by atoms with Gasteiger partial charge < -0.3 is 19.5 Å². The van der Waals surface area contributed by atoms with Crippen molar-refractivity contribution < 1.29 is 19.3 Å². The first-order valence-corrected chi connectivity index (χ1v) is 10.4. The first kappa shape index (κ1) is 19.2. The highest BCUT2D eigenvalue weighted by Crippen LogP contribution is 2.41. The molecule has 1 saturated heterocycles. The number of hydrogen-bond donors (Lipinski definition) is 3. The maximum Gasteiger partial charge on any atom is 0.164 e. The minimum atomic E-state index is -1.06. The summed E-state index contributed by atoms with van der Waals surface area (Å²) in [5, 5.41) is 24.3. The molecular weight excluding hydrogens is 409 g/mol. The van der Waals surface area contributed by atoms with Gasteiger partial charge in [0, 0.05) is 22.7 Å². The molecule has 3 N–H and O–H groups in total. The zero-order chi connectivity index (χ0) is 20.8. The van der Waals surface area contributed by atoms with Gasteiger partial charge in [0.05, 0.1) is 29.5 Å². The van der Waals surface area contributed by atoms with Crippen LogP contribution in [0.5, 0.6) is 0 Å². The molecule has 30 heavy (non-hydrogen) atoms. The fraction of sp³-hybridized carbons (Fsp3) is 0.300. The van der Waals surface area contributed by atoms with Gasteiger partial charge in [-0.1, -0.05) is 0 Å². The summed E-state index contributed by atoms with van der Waals surface area (Å²) in [6.07, 6.45) is 0.218. The molecule has 0 radical (unpaired) electrons. The van der Waals surface area contributed by atoms with Crippen LogP contribution in [0.2, 0.25) is 0 Å². The van der Waals surface area contributed by atoms with E-state index in [9.17, 15) is 14.6 Å². The van der Waals surface area contributed by atoms with Crippen molar-refractivity contribution in [2.24, 2.45) is 4.99 Å². The van der Waals surface area contributed by atoms with Gasteiger partial charge >= 0.3 is 0 Å². The van der Waals surface area contributed by atoms with E-state index in [1.807, 2.05) is 11.6 Å².